The van der Waals surface area contributed by atoms with Gasteiger partial charge in [-0.15, -0.1) is 24.0 Å². The van der Waals surface area contributed by atoms with Crippen molar-refractivity contribution >= 4 is 29.9 Å². The minimum Gasteiger partial charge on any atom is -0.354 e. The zero-order valence-electron chi connectivity index (χ0n) is 17.4. The predicted molar refractivity (Wildman–Crippen MR) is 125 cm³/mol. The maximum atomic E-state index is 12.9. The summed E-state index contributed by atoms with van der Waals surface area (Å²) in [7, 11) is 1.68. The molecule has 1 aromatic carbocycles. The molecule has 2 rings (SSSR count). The molecule has 0 aliphatic carbocycles. The molecule has 166 valence electrons. The van der Waals surface area contributed by atoms with E-state index in [0.717, 1.165) is 36.5 Å². The summed E-state index contributed by atoms with van der Waals surface area (Å²) in [5, 5.41) is 6.49. The van der Waals surface area contributed by atoms with Crippen LogP contribution in [0.1, 0.15) is 36.7 Å². The standard InChI is InChI=1S/C21H28F3N5.HI/c1-4-29(5-2)19(16-9-11-17(12-10-16)21(22,23)24)15-28-20(25-3)27-14-18-8-6-7-13-26-18;/h6-13,19H,4-5,14-15H2,1-3H3,(H2,25,27,28);1H. The van der Waals surface area contributed by atoms with Gasteiger partial charge in [0.25, 0.3) is 0 Å². The second-order valence-corrected chi connectivity index (χ2v) is 6.48. The number of halogens is 4. The Balaban J connectivity index is 0.00000450. The van der Waals surface area contributed by atoms with Gasteiger partial charge >= 0.3 is 6.18 Å². The van der Waals surface area contributed by atoms with Crippen LogP contribution in [0.3, 0.4) is 0 Å². The fraction of sp³-hybridized carbons (Fsp3) is 0.429. The topological polar surface area (TPSA) is 52.5 Å². The number of likely N-dealkylation sites (N-methyl/N-ethyl adjacent to an activating group) is 1. The molecule has 0 spiro atoms. The van der Waals surface area contributed by atoms with E-state index in [1.807, 2.05) is 32.0 Å². The Bertz CT molecular complexity index is 762. The SMILES string of the molecule is CCN(CC)C(CNC(=NC)NCc1ccccn1)c1ccc(C(F)(F)F)cc1.I. The largest absolute Gasteiger partial charge is 0.416 e. The van der Waals surface area contributed by atoms with Gasteiger partial charge in [0.15, 0.2) is 5.96 Å². The van der Waals surface area contributed by atoms with Crippen molar-refractivity contribution in [1.29, 1.82) is 0 Å². The van der Waals surface area contributed by atoms with Crippen molar-refractivity contribution in [2.75, 3.05) is 26.7 Å². The number of alkyl halides is 3. The van der Waals surface area contributed by atoms with Crippen molar-refractivity contribution in [1.82, 2.24) is 20.5 Å². The number of aliphatic imine (C=N–C) groups is 1. The first kappa shape index (κ1) is 26.2. The summed E-state index contributed by atoms with van der Waals surface area (Å²) >= 11 is 0. The first-order valence-corrected chi connectivity index (χ1v) is 9.64. The van der Waals surface area contributed by atoms with Gasteiger partial charge < -0.3 is 10.6 Å². The highest BCUT2D eigenvalue weighted by molar-refractivity contribution is 14.0. The number of nitrogens with one attached hydrogen (secondary N) is 2. The molecule has 30 heavy (non-hydrogen) atoms. The van der Waals surface area contributed by atoms with Crippen molar-refractivity contribution in [2.24, 2.45) is 4.99 Å². The first-order chi connectivity index (χ1) is 13.9. The van der Waals surface area contributed by atoms with Gasteiger partial charge in [0, 0.05) is 19.8 Å². The lowest BCUT2D eigenvalue weighted by Crippen LogP contribution is -2.43. The monoisotopic (exact) mass is 535 g/mol. The summed E-state index contributed by atoms with van der Waals surface area (Å²) in [6.07, 6.45) is -2.60. The number of hydrogen-bond acceptors (Lipinski definition) is 3. The van der Waals surface area contributed by atoms with E-state index in [2.05, 4.69) is 25.5 Å². The third-order valence-electron chi connectivity index (χ3n) is 4.73. The molecule has 0 fully saturated rings. The van der Waals surface area contributed by atoms with Crippen molar-refractivity contribution in [3.63, 3.8) is 0 Å². The van der Waals surface area contributed by atoms with Crippen LogP contribution in [-0.4, -0.2) is 42.5 Å². The summed E-state index contributed by atoms with van der Waals surface area (Å²) in [5.41, 5.74) is 1.08. The minimum absolute atomic E-state index is 0. The molecule has 0 bridgehead atoms. The number of rotatable bonds is 8. The van der Waals surface area contributed by atoms with Crippen LogP contribution < -0.4 is 10.6 Å². The molecule has 0 amide bonds. The molecule has 2 aromatic rings. The number of nitrogens with zero attached hydrogens (tertiary/aromatic N) is 3. The van der Waals surface area contributed by atoms with Crippen LogP contribution >= 0.6 is 24.0 Å². The third kappa shape index (κ3) is 7.75. The lowest BCUT2D eigenvalue weighted by atomic mass is 10.0. The normalized spacial score (nSPS) is 13.0. The number of pyridine rings is 1. The van der Waals surface area contributed by atoms with E-state index in [-0.39, 0.29) is 30.0 Å². The fourth-order valence-corrected chi connectivity index (χ4v) is 3.11. The van der Waals surface area contributed by atoms with E-state index in [1.165, 1.54) is 0 Å². The average Bonchev–Trinajstić information content (AvgIpc) is 2.73. The lowest BCUT2D eigenvalue weighted by molar-refractivity contribution is -0.137. The van der Waals surface area contributed by atoms with Crippen LogP contribution in [0.2, 0.25) is 0 Å². The summed E-state index contributed by atoms with van der Waals surface area (Å²) in [5.74, 6) is 0.611. The smallest absolute Gasteiger partial charge is 0.354 e. The van der Waals surface area contributed by atoms with Gasteiger partial charge in [-0.1, -0.05) is 32.0 Å². The van der Waals surface area contributed by atoms with Crippen LogP contribution in [0.5, 0.6) is 0 Å². The Morgan fingerprint density at radius 2 is 1.73 bits per heavy atom. The molecule has 0 saturated carbocycles. The van der Waals surface area contributed by atoms with Gasteiger partial charge in [0.2, 0.25) is 0 Å². The van der Waals surface area contributed by atoms with E-state index < -0.39 is 11.7 Å². The molecule has 5 nitrogen and oxygen atoms in total. The van der Waals surface area contributed by atoms with E-state index in [4.69, 9.17) is 0 Å². The first-order valence-electron chi connectivity index (χ1n) is 9.64. The van der Waals surface area contributed by atoms with Crippen molar-refractivity contribution in [3.8, 4) is 0 Å². The van der Waals surface area contributed by atoms with E-state index >= 15 is 0 Å². The molecule has 0 aliphatic heterocycles. The van der Waals surface area contributed by atoms with Gasteiger partial charge in [0.05, 0.1) is 23.8 Å². The highest BCUT2D eigenvalue weighted by atomic mass is 127. The number of guanidine groups is 1. The zero-order valence-corrected chi connectivity index (χ0v) is 19.7. The van der Waals surface area contributed by atoms with Crippen LogP contribution in [0, 0.1) is 0 Å². The molecular weight excluding hydrogens is 506 g/mol. The van der Waals surface area contributed by atoms with E-state index in [0.29, 0.717) is 19.0 Å². The Labute approximate surface area is 193 Å². The van der Waals surface area contributed by atoms with E-state index in [1.54, 1.807) is 25.4 Å². The van der Waals surface area contributed by atoms with Crippen molar-refractivity contribution in [2.45, 2.75) is 32.6 Å². The second kappa shape index (κ2) is 12.7. The molecular formula is C21H29F3IN5. The Morgan fingerprint density at radius 1 is 1.07 bits per heavy atom. The summed E-state index contributed by atoms with van der Waals surface area (Å²) < 4.78 is 38.7. The average molecular weight is 535 g/mol. The number of aromatic nitrogens is 1. The lowest BCUT2D eigenvalue weighted by Gasteiger charge is -2.31. The van der Waals surface area contributed by atoms with Gasteiger partial charge in [-0.2, -0.15) is 13.2 Å². The fourth-order valence-electron chi connectivity index (χ4n) is 3.11. The quantitative estimate of drug-likeness (QED) is 0.298. The predicted octanol–water partition coefficient (Wildman–Crippen LogP) is 4.47. The second-order valence-electron chi connectivity index (χ2n) is 6.48. The highest BCUT2D eigenvalue weighted by Crippen LogP contribution is 2.30. The van der Waals surface area contributed by atoms with E-state index in [9.17, 15) is 13.2 Å². The molecule has 0 aliphatic rings. The van der Waals surface area contributed by atoms with Gasteiger partial charge in [-0.3, -0.25) is 14.9 Å². The van der Waals surface area contributed by atoms with Crippen molar-refractivity contribution in [3.05, 3.63) is 65.5 Å². The van der Waals surface area contributed by atoms with Crippen molar-refractivity contribution < 1.29 is 13.2 Å². The molecule has 1 atom stereocenters. The Kier molecular flexibility index (Phi) is 11.1. The molecule has 9 heteroatoms. The highest BCUT2D eigenvalue weighted by Gasteiger charge is 2.30. The molecule has 1 aromatic heterocycles. The number of benzene rings is 1. The summed E-state index contributed by atoms with van der Waals surface area (Å²) in [4.78, 5) is 10.7. The van der Waals surface area contributed by atoms with Gasteiger partial charge in [-0.05, 0) is 42.9 Å². The molecule has 1 unspecified atom stereocenters. The number of hydrogen-bond donors (Lipinski definition) is 2. The third-order valence-corrected chi connectivity index (χ3v) is 4.73. The van der Waals surface area contributed by atoms with Crippen LogP contribution in [0.4, 0.5) is 13.2 Å². The zero-order chi connectivity index (χ0) is 21.3. The minimum atomic E-state index is -4.33. The van der Waals surface area contributed by atoms with Crippen LogP contribution in [0.15, 0.2) is 53.7 Å². The van der Waals surface area contributed by atoms with Gasteiger partial charge in [0.1, 0.15) is 0 Å². The maximum Gasteiger partial charge on any atom is 0.416 e. The van der Waals surface area contributed by atoms with Gasteiger partial charge in [-0.25, -0.2) is 0 Å². The molecule has 1 heterocycles. The molecule has 0 saturated heterocycles. The molecule has 2 N–H and O–H groups in total. The Morgan fingerprint density at radius 3 is 2.23 bits per heavy atom. The summed E-state index contributed by atoms with van der Waals surface area (Å²) in [6.45, 7) is 6.67. The van der Waals surface area contributed by atoms with Crippen LogP contribution in [0.25, 0.3) is 0 Å². The molecule has 0 radical (unpaired) electrons. The Hall–Kier alpha value is -1.88. The van der Waals surface area contributed by atoms with Crippen LogP contribution in [-0.2, 0) is 12.7 Å². The maximum absolute atomic E-state index is 12.9. The summed E-state index contributed by atoms with van der Waals surface area (Å²) in [6, 6.07) is 11.0.